The van der Waals surface area contributed by atoms with E-state index in [4.69, 9.17) is 0 Å². The van der Waals surface area contributed by atoms with Crippen LogP contribution in [0.5, 0.6) is 0 Å². The van der Waals surface area contributed by atoms with Crippen LogP contribution in [-0.2, 0) is 4.79 Å². The quantitative estimate of drug-likeness (QED) is 0.394. The lowest BCUT2D eigenvalue weighted by Gasteiger charge is -2.37. The van der Waals surface area contributed by atoms with Crippen LogP contribution in [0.4, 0.5) is 0 Å². The second kappa shape index (κ2) is 2.21. The molecule has 0 saturated carbocycles. The van der Waals surface area contributed by atoms with E-state index in [0.717, 1.165) is 6.54 Å². The topological polar surface area (TPSA) is 20.3 Å². The Labute approximate surface area is 55.2 Å². The summed E-state index contributed by atoms with van der Waals surface area (Å²) in [7, 11) is 0. The van der Waals surface area contributed by atoms with E-state index in [-0.39, 0.29) is 5.91 Å². The van der Waals surface area contributed by atoms with E-state index < -0.39 is 0 Å². The number of hydrogen-bond donors (Lipinski definition) is 0. The fraction of sp³-hybridized carbons (Fsp3) is 0.571. The van der Waals surface area contributed by atoms with E-state index in [0.29, 0.717) is 12.5 Å². The maximum Gasteiger partial charge on any atom is 0.225 e. The molecular weight excluding hydrogens is 114 g/mol. The summed E-state index contributed by atoms with van der Waals surface area (Å²) in [6.07, 6.45) is 2.49. The van der Waals surface area contributed by atoms with Crippen LogP contribution in [0.25, 0.3) is 0 Å². The van der Waals surface area contributed by atoms with Crippen molar-refractivity contribution in [2.75, 3.05) is 6.54 Å². The van der Waals surface area contributed by atoms with E-state index in [1.807, 2.05) is 17.9 Å². The normalized spacial score (nSPS) is 25.7. The molecule has 0 N–H and O–H groups in total. The smallest absolute Gasteiger partial charge is 0.225 e. The van der Waals surface area contributed by atoms with Crippen molar-refractivity contribution in [3.8, 4) is 0 Å². The highest BCUT2D eigenvalue weighted by molar-refractivity contribution is 5.83. The summed E-state index contributed by atoms with van der Waals surface area (Å²) in [5.41, 5.74) is 0. The summed E-state index contributed by atoms with van der Waals surface area (Å²) in [5.74, 6) is 0.252. The predicted molar refractivity (Wildman–Crippen MR) is 36.0 cm³/mol. The zero-order valence-corrected chi connectivity index (χ0v) is 5.63. The lowest BCUT2D eigenvalue weighted by Crippen LogP contribution is -2.50. The number of rotatable bonds is 2. The molecule has 0 spiro atoms. The molecule has 1 saturated heterocycles. The molecule has 1 aliphatic heterocycles. The first kappa shape index (κ1) is 6.33. The Morgan fingerprint density at radius 1 is 2.00 bits per heavy atom. The SMILES string of the molecule is C=CC1CC(=O)N1CC. The predicted octanol–water partition coefficient (Wildman–Crippen LogP) is 0.793. The van der Waals surface area contributed by atoms with Crippen LogP contribution in [0.3, 0.4) is 0 Å². The summed E-state index contributed by atoms with van der Waals surface area (Å²) < 4.78 is 0. The lowest BCUT2D eigenvalue weighted by molar-refractivity contribution is -0.143. The highest BCUT2D eigenvalue weighted by atomic mass is 16.2. The molecular formula is C7H11NO. The van der Waals surface area contributed by atoms with Crippen molar-refractivity contribution in [1.82, 2.24) is 4.90 Å². The van der Waals surface area contributed by atoms with Crippen molar-refractivity contribution >= 4 is 5.91 Å². The minimum atomic E-state index is 0.252. The van der Waals surface area contributed by atoms with Gasteiger partial charge < -0.3 is 4.90 Å². The molecule has 1 aliphatic rings. The van der Waals surface area contributed by atoms with E-state index in [1.165, 1.54) is 0 Å². The summed E-state index contributed by atoms with van der Waals surface area (Å²) in [6, 6.07) is 0.322. The first-order chi connectivity index (χ1) is 4.29. The average Bonchev–Trinajstić information content (AvgIpc) is 1.83. The van der Waals surface area contributed by atoms with Gasteiger partial charge in [-0.15, -0.1) is 6.58 Å². The van der Waals surface area contributed by atoms with Gasteiger partial charge in [0.25, 0.3) is 0 Å². The Bertz CT molecular complexity index is 142. The summed E-state index contributed by atoms with van der Waals surface area (Å²) in [6.45, 7) is 6.42. The van der Waals surface area contributed by atoms with Crippen LogP contribution < -0.4 is 0 Å². The highest BCUT2D eigenvalue weighted by Crippen LogP contribution is 2.18. The molecule has 2 heteroatoms. The number of likely N-dealkylation sites (tertiary alicyclic amines) is 1. The third-order valence-electron chi connectivity index (χ3n) is 1.72. The van der Waals surface area contributed by atoms with Crippen LogP contribution in [0.15, 0.2) is 12.7 Å². The monoisotopic (exact) mass is 125 g/mol. The van der Waals surface area contributed by atoms with Gasteiger partial charge in [-0.05, 0) is 6.92 Å². The molecule has 50 valence electrons. The molecule has 1 amide bonds. The Morgan fingerprint density at radius 2 is 2.67 bits per heavy atom. The molecule has 1 atom stereocenters. The lowest BCUT2D eigenvalue weighted by atomic mass is 10.0. The zero-order valence-electron chi connectivity index (χ0n) is 5.63. The van der Waals surface area contributed by atoms with Crippen molar-refractivity contribution in [3.05, 3.63) is 12.7 Å². The fourth-order valence-electron chi connectivity index (χ4n) is 1.10. The van der Waals surface area contributed by atoms with E-state index in [1.54, 1.807) is 0 Å². The van der Waals surface area contributed by atoms with Crippen LogP contribution in [0.1, 0.15) is 13.3 Å². The maximum atomic E-state index is 10.7. The van der Waals surface area contributed by atoms with E-state index in [9.17, 15) is 4.79 Å². The molecule has 0 aromatic carbocycles. The summed E-state index contributed by atoms with van der Waals surface area (Å²) in [4.78, 5) is 12.5. The highest BCUT2D eigenvalue weighted by Gasteiger charge is 2.31. The largest absolute Gasteiger partial charge is 0.336 e. The zero-order chi connectivity index (χ0) is 6.85. The summed E-state index contributed by atoms with van der Waals surface area (Å²) in [5, 5.41) is 0. The maximum absolute atomic E-state index is 10.7. The fourth-order valence-corrected chi connectivity index (χ4v) is 1.10. The van der Waals surface area contributed by atoms with E-state index in [2.05, 4.69) is 6.58 Å². The molecule has 1 unspecified atom stereocenters. The molecule has 2 nitrogen and oxygen atoms in total. The second-order valence-corrected chi connectivity index (χ2v) is 2.19. The molecule has 0 aliphatic carbocycles. The van der Waals surface area contributed by atoms with Crippen molar-refractivity contribution in [3.63, 3.8) is 0 Å². The number of nitrogens with zero attached hydrogens (tertiary/aromatic N) is 1. The van der Waals surface area contributed by atoms with Crippen LogP contribution in [-0.4, -0.2) is 23.4 Å². The molecule has 0 radical (unpaired) electrons. The average molecular weight is 125 g/mol. The van der Waals surface area contributed by atoms with Crippen molar-refractivity contribution in [2.45, 2.75) is 19.4 Å². The Hall–Kier alpha value is -0.790. The molecule has 1 heterocycles. The van der Waals surface area contributed by atoms with Crippen LogP contribution in [0, 0.1) is 0 Å². The molecule has 1 fully saturated rings. The van der Waals surface area contributed by atoms with Gasteiger partial charge in [0.15, 0.2) is 0 Å². The Morgan fingerprint density at radius 3 is 2.89 bits per heavy atom. The Kier molecular flexibility index (Phi) is 1.56. The number of carbonyl (C=O) groups is 1. The third-order valence-corrected chi connectivity index (χ3v) is 1.72. The van der Waals surface area contributed by atoms with Crippen LogP contribution in [0.2, 0.25) is 0 Å². The van der Waals surface area contributed by atoms with Gasteiger partial charge >= 0.3 is 0 Å². The molecule has 9 heavy (non-hydrogen) atoms. The number of carbonyl (C=O) groups excluding carboxylic acids is 1. The van der Waals surface area contributed by atoms with Crippen molar-refractivity contribution in [2.24, 2.45) is 0 Å². The molecule has 0 bridgehead atoms. The van der Waals surface area contributed by atoms with Gasteiger partial charge in [0.1, 0.15) is 0 Å². The first-order valence-electron chi connectivity index (χ1n) is 3.21. The minimum absolute atomic E-state index is 0.252. The van der Waals surface area contributed by atoms with Gasteiger partial charge in [-0.3, -0.25) is 4.79 Å². The van der Waals surface area contributed by atoms with Gasteiger partial charge in [-0.25, -0.2) is 0 Å². The van der Waals surface area contributed by atoms with Gasteiger partial charge in [-0.2, -0.15) is 0 Å². The first-order valence-corrected chi connectivity index (χ1v) is 3.21. The van der Waals surface area contributed by atoms with Crippen molar-refractivity contribution < 1.29 is 4.79 Å². The van der Waals surface area contributed by atoms with Gasteiger partial charge in [0.2, 0.25) is 5.91 Å². The molecule has 0 aromatic rings. The van der Waals surface area contributed by atoms with Gasteiger partial charge in [-0.1, -0.05) is 6.08 Å². The number of likely N-dealkylation sites (N-methyl/N-ethyl adjacent to an activating group) is 1. The number of hydrogen-bond acceptors (Lipinski definition) is 1. The number of β-lactam (4-membered cyclic amide) rings is 1. The summed E-state index contributed by atoms with van der Waals surface area (Å²) >= 11 is 0. The third kappa shape index (κ3) is 0.846. The minimum Gasteiger partial charge on any atom is -0.336 e. The Balaban J connectivity index is 2.46. The number of amides is 1. The van der Waals surface area contributed by atoms with E-state index >= 15 is 0 Å². The standard InChI is InChI=1S/C7H11NO/c1-3-6-5-7(9)8(6)4-2/h3,6H,1,4-5H2,2H3. The van der Waals surface area contributed by atoms with Gasteiger partial charge in [0.05, 0.1) is 12.5 Å². The van der Waals surface area contributed by atoms with Gasteiger partial charge in [0, 0.05) is 6.54 Å². The molecule has 0 aromatic heterocycles. The molecule has 1 rings (SSSR count). The van der Waals surface area contributed by atoms with Crippen molar-refractivity contribution in [1.29, 1.82) is 0 Å². The second-order valence-electron chi connectivity index (χ2n) is 2.19. The van der Waals surface area contributed by atoms with Crippen LogP contribution >= 0.6 is 0 Å².